The Morgan fingerprint density at radius 2 is 2.03 bits per heavy atom. The minimum Gasteiger partial charge on any atom is -0.378 e. The largest absolute Gasteiger partial charge is 0.378 e. The predicted octanol–water partition coefficient (Wildman–Crippen LogP) is 1.41. The summed E-state index contributed by atoms with van der Waals surface area (Å²) in [5, 5.41) is 12.7. The molecule has 0 N–H and O–H groups in total. The Morgan fingerprint density at radius 1 is 1.17 bits per heavy atom. The molecule has 0 bridgehead atoms. The molecule has 0 radical (unpaired) electrons. The number of aromatic nitrogens is 5. The van der Waals surface area contributed by atoms with Gasteiger partial charge in [-0.2, -0.15) is 5.10 Å². The van der Waals surface area contributed by atoms with E-state index in [0.717, 1.165) is 32.6 Å². The van der Waals surface area contributed by atoms with E-state index in [9.17, 15) is 4.79 Å². The van der Waals surface area contributed by atoms with Crippen molar-refractivity contribution in [1.82, 2.24) is 34.6 Å². The van der Waals surface area contributed by atoms with Crippen molar-refractivity contribution in [1.29, 1.82) is 0 Å². The Hall–Kier alpha value is -2.26. The first-order chi connectivity index (χ1) is 14.2. The average molecular weight is 402 g/mol. The minimum absolute atomic E-state index is 0.0493. The average Bonchev–Trinajstić information content (AvgIpc) is 3.43. The molecule has 158 valence electrons. The monoisotopic (exact) mass is 401 g/mol. The fraction of sp³-hybridized carbons (Fsp3) is 0.700. The Morgan fingerprint density at radius 3 is 2.83 bits per heavy atom. The van der Waals surface area contributed by atoms with Crippen molar-refractivity contribution in [3.05, 3.63) is 29.8 Å². The van der Waals surface area contributed by atoms with Gasteiger partial charge in [0.05, 0.1) is 25.6 Å². The Balaban J connectivity index is 1.32. The van der Waals surface area contributed by atoms with Crippen molar-refractivity contribution in [3.63, 3.8) is 0 Å². The highest BCUT2D eigenvalue weighted by Gasteiger charge is 2.24. The van der Waals surface area contributed by atoms with Crippen LogP contribution in [0.1, 0.15) is 48.7 Å². The lowest BCUT2D eigenvalue weighted by Crippen LogP contribution is -2.40. The van der Waals surface area contributed by atoms with Crippen LogP contribution in [0.2, 0.25) is 0 Å². The highest BCUT2D eigenvalue weighted by molar-refractivity contribution is 5.91. The lowest BCUT2D eigenvalue weighted by molar-refractivity contribution is 0.0299. The van der Waals surface area contributed by atoms with Crippen LogP contribution in [0.4, 0.5) is 0 Å². The predicted molar refractivity (Wildman–Crippen MR) is 107 cm³/mol. The van der Waals surface area contributed by atoms with Crippen LogP contribution in [0.5, 0.6) is 0 Å². The van der Waals surface area contributed by atoms with Crippen molar-refractivity contribution >= 4 is 5.91 Å². The maximum absolute atomic E-state index is 12.5. The second kappa shape index (κ2) is 9.49. The number of likely N-dealkylation sites (tertiary alicyclic amines) is 1. The van der Waals surface area contributed by atoms with Crippen LogP contribution in [0.25, 0.3) is 0 Å². The van der Waals surface area contributed by atoms with Crippen LogP contribution < -0.4 is 0 Å². The van der Waals surface area contributed by atoms with E-state index < -0.39 is 0 Å². The highest BCUT2D eigenvalue weighted by Crippen LogP contribution is 2.22. The second-order valence-corrected chi connectivity index (χ2v) is 7.88. The minimum atomic E-state index is -0.0493. The van der Waals surface area contributed by atoms with E-state index in [1.807, 2.05) is 15.6 Å². The molecular formula is C20H31N7O2. The lowest BCUT2D eigenvalue weighted by atomic mass is 9.99. The lowest BCUT2D eigenvalue weighted by Gasteiger charge is -2.35. The van der Waals surface area contributed by atoms with Gasteiger partial charge in [0.15, 0.2) is 5.69 Å². The number of carbonyl (C=O) groups is 1. The topological polar surface area (TPSA) is 81.3 Å². The first-order valence-corrected chi connectivity index (χ1v) is 10.8. The molecule has 9 heteroatoms. The SMILES string of the molecule is CCn1cc(CN2CCCCC2CCn2cc(C(=O)N3CCOCC3)nn2)cn1. The van der Waals surface area contributed by atoms with Gasteiger partial charge in [-0.05, 0) is 32.7 Å². The summed E-state index contributed by atoms with van der Waals surface area (Å²) in [6, 6.07) is 0.524. The maximum atomic E-state index is 12.5. The molecule has 4 heterocycles. The molecular weight excluding hydrogens is 370 g/mol. The normalized spacial score (nSPS) is 20.9. The third-order valence-electron chi connectivity index (χ3n) is 5.89. The smallest absolute Gasteiger partial charge is 0.276 e. The zero-order valence-corrected chi connectivity index (χ0v) is 17.2. The number of carbonyl (C=O) groups excluding carboxylic acids is 1. The number of rotatable bonds is 7. The van der Waals surface area contributed by atoms with Gasteiger partial charge in [0.2, 0.25) is 0 Å². The first kappa shape index (κ1) is 20.0. The Kier molecular flexibility index (Phi) is 6.56. The summed E-state index contributed by atoms with van der Waals surface area (Å²) in [5.74, 6) is -0.0493. The summed E-state index contributed by atoms with van der Waals surface area (Å²) in [6.45, 7) is 8.29. The van der Waals surface area contributed by atoms with Crippen LogP contribution in [-0.2, 0) is 24.4 Å². The van der Waals surface area contributed by atoms with E-state index in [0.29, 0.717) is 38.0 Å². The second-order valence-electron chi connectivity index (χ2n) is 7.88. The molecule has 2 aliphatic rings. The quantitative estimate of drug-likeness (QED) is 0.698. The van der Waals surface area contributed by atoms with Crippen LogP contribution in [0, 0.1) is 0 Å². The summed E-state index contributed by atoms with van der Waals surface area (Å²) in [4.78, 5) is 16.9. The van der Waals surface area contributed by atoms with E-state index in [4.69, 9.17) is 4.74 Å². The van der Waals surface area contributed by atoms with Crippen LogP contribution in [0.15, 0.2) is 18.6 Å². The fourth-order valence-corrected chi connectivity index (χ4v) is 4.21. The maximum Gasteiger partial charge on any atom is 0.276 e. The number of aryl methyl sites for hydroxylation is 2. The Bertz CT molecular complexity index is 796. The third kappa shape index (κ3) is 5.02. The molecule has 29 heavy (non-hydrogen) atoms. The van der Waals surface area contributed by atoms with Gasteiger partial charge < -0.3 is 9.64 Å². The third-order valence-corrected chi connectivity index (χ3v) is 5.89. The van der Waals surface area contributed by atoms with Gasteiger partial charge in [-0.25, -0.2) is 0 Å². The van der Waals surface area contributed by atoms with E-state index in [1.165, 1.54) is 24.8 Å². The zero-order valence-electron chi connectivity index (χ0n) is 17.2. The number of morpholine rings is 1. The van der Waals surface area contributed by atoms with Crippen LogP contribution in [-0.4, -0.2) is 79.4 Å². The molecule has 2 saturated heterocycles. The summed E-state index contributed by atoms with van der Waals surface area (Å²) in [6.07, 6.45) is 10.7. The van der Waals surface area contributed by atoms with Crippen LogP contribution in [0.3, 0.4) is 0 Å². The number of nitrogens with zero attached hydrogens (tertiary/aromatic N) is 7. The summed E-state index contributed by atoms with van der Waals surface area (Å²) in [5.41, 5.74) is 1.71. The highest BCUT2D eigenvalue weighted by atomic mass is 16.5. The standard InChI is InChI=1S/C20H31N7O2/c1-2-26-15-17(13-21-26)14-25-7-4-3-5-18(25)6-8-27-16-19(22-23-27)20(28)24-9-11-29-12-10-24/h13,15-16,18H,2-12,14H2,1H3. The number of hydrogen-bond donors (Lipinski definition) is 0. The summed E-state index contributed by atoms with van der Waals surface area (Å²) < 4.78 is 9.11. The van der Waals surface area contributed by atoms with Gasteiger partial charge in [-0.3, -0.25) is 19.1 Å². The van der Waals surface area contributed by atoms with E-state index in [1.54, 1.807) is 11.1 Å². The van der Waals surface area contributed by atoms with Gasteiger partial charge in [-0.1, -0.05) is 11.6 Å². The number of ether oxygens (including phenoxy) is 1. The molecule has 1 atom stereocenters. The molecule has 0 saturated carbocycles. The molecule has 4 rings (SSSR count). The molecule has 0 aromatic carbocycles. The molecule has 2 aromatic rings. The van der Waals surface area contributed by atoms with Crippen molar-refractivity contribution in [3.8, 4) is 0 Å². The van der Waals surface area contributed by atoms with E-state index in [-0.39, 0.29) is 5.91 Å². The van der Waals surface area contributed by atoms with Gasteiger partial charge in [0, 0.05) is 50.5 Å². The van der Waals surface area contributed by atoms with Crippen molar-refractivity contribution in [2.75, 3.05) is 32.8 Å². The Labute approximate surface area is 171 Å². The molecule has 1 amide bonds. The molecule has 9 nitrogen and oxygen atoms in total. The van der Waals surface area contributed by atoms with Crippen molar-refractivity contribution < 1.29 is 9.53 Å². The number of amides is 1. The van der Waals surface area contributed by atoms with Gasteiger partial charge >= 0.3 is 0 Å². The van der Waals surface area contributed by atoms with Crippen LogP contribution >= 0.6 is 0 Å². The number of hydrogen-bond acceptors (Lipinski definition) is 6. The fourth-order valence-electron chi connectivity index (χ4n) is 4.21. The van der Waals surface area contributed by atoms with E-state index in [2.05, 4.69) is 33.4 Å². The van der Waals surface area contributed by atoms with Gasteiger partial charge in [0.1, 0.15) is 0 Å². The van der Waals surface area contributed by atoms with Crippen molar-refractivity contribution in [2.24, 2.45) is 0 Å². The van der Waals surface area contributed by atoms with Gasteiger partial charge in [0.25, 0.3) is 5.91 Å². The zero-order chi connectivity index (χ0) is 20.1. The molecule has 0 aliphatic carbocycles. The van der Waals surface area contributed by atoms with Gasteiger partial charge in [-0.15, -0.1) is 5.10 Å². The van der Waals surface area contributed by atoms with E-state index >= 15 is 0 Å². The molecule has 2 aromatic heterocycles. The number of piperidine rings is 1. The molecule has 2 aliphatic heterocycles. The molecule has 1 unspecified atom stereocenters. The molecule has 0 spiro atoms. The summed E-state index contributed by atoms with van der Waals surface area (Å²) in [7, 11) is 0. The van der Waals surface area contributed by atoms with Crippen molar-refractivity contribution in [2.45, 2.75) is 58.3 Å². The summed E-state index contributed by atoms with van der Waals surface area (Å²) >= 11 is 0. The first-order valence-electron chi connectivity index (χ1n) is 10.8. The molecule has 2 fully saturated rings.